The number of aryl methyl sites for hydroxylation is 1. The molecular formula is C16H22N2O3. The number of carbonyl (C=O) groups is 2. The van der Waals surface area contributed by atoms with Crippen LogP contribution in [0.5, 0.6) is 0 Å². The van der Waals surface area contributed by atoms with Crippen LogP contribution in [-0.2, 0) is 16.0 Å². The number of rotatable bonds is 7. The van der Waals surface area contributed by atoms with Crippen LogP contribution in [0.1, 0.15) is 24.8 Å². The van der Waals surface area contributed by atoms with Crippen LogP contribution >= 0.6 is 0 Å². The van der Waals surface area contributed by atoms with Crippen LogP contribution < -0.4 is 5.32 Å². The first kappa shape index (κ1) is 15.4. The Kier molecular flexibility index (Phi) is 5.60. The van der Waals surface area contributed by atoms with Gasteiger partial charge in [-0.3, -0.25) is 4.79 Å². The zero-order valence-electron chi connectivity index (χ0n) is 12.4. The van der Waals surface area contributed by atoms with E-state index < -0.39 is 0 Å². The molecule has 1 heterocycles. The predicted octanol–water partition coefficient (Wildman–Crippen LogP) is 1.97. The molecule has 0 spiro atoms. The van der Waals surface area contributed by atoms with Crippen LogP contribution in [0.15, 0.2) is 30.3 Å². The Bertz CT molecular complexity index is 476. The van der Waals surface area contributed by atoms with Gasteiger partial charge in [-0.1, -0.05) is 30.3 Å². The average Bonchev–Trinajstić information content (AvgIpc) is 2.81. The number of ether oxygens (including phenoxy) is 1. The first-order valence-corrected chi connectivity index (χ1v) is 7.37. The van der Waals surface area contributed by atoms with Crippen LogP contribution in [0.2, 0.25) is 0 Å². The molecule has 21 heavy (non-hydrogen) atoms. The van der Waals surface area contributed by atoms with Crippen molar-refractivity contribution < 1.29 is 14.3 Å². The van der Waals surface area contributed by atoms with Crippen molar-refractivity contribution in [3.8, 4) is 0 Å². The summed E-state index contributed by atoms with van der Waals surface area (Å²) in [5.41, 5.74) is 1.28. The number of hydrogen-bond donors (Lipinski definition) is 1. The zero-order chi connectivity index (χ0) is 15.1. The van der Waals surface area contributed by atoms with Crippen molar-refractivity contribution in [2.24, 2.45) is 0 Å². The quantitative estimate of drug-likeness (QED) is 0.781. The van der Waals surface area contributed by atoms with Crippen LogP contribution in [0.3, 0.4) is 0 Å². The van der Waals surface area contributed by atoms with E-state index in [2.05, 4.69) is 17.4 Å². The number of cyclic esters (lactones) is 1. The average molecular weight is 290 g/mol. The lowest BCUT2D eigenvalue weighted by Crippen LogP contribution is -2.26. The minimum atomic E-state index is -0.303. The highest BCUT2D eigenvalue weighted by Crippen LogP contribution is 2.13. The summed E-state index contributed by atoms with van der Waals surface area (Å²) >= 11 is 0. The van der Waals surface area contributed by atoms with Gasteiger partial charge in [-0.2, -0.15) is 0 Å². The third kappa shape index (κ3) is 5.10. The highest BCUT2D eigenvalue weighted by molar-refractivity contribution is 5.76. The lowest BCUT2D eigenvalue weighted by Gasteiger charge is -2.08. The van der Waals surface area contributed by atoms with Crippen molar-refractivity contribution >= 4 is 12.0 Å². The summed E-state index contributed by atoms with van der Waals surface area (Å²) in [6.45, 7) is 1.25. The first-order chi connectivity index (χ1) is 10.1. The number of nitrogens with one attached hydrogen (secondary N) is 1. The van der Waals surface area contributed by atoms with E-state index in [1.165, 1.54) is 10.5 Å². The molecule has 0 bridgehead atoms. The highest BCUT2D eigenvalue weighted by atomic mass is 16.6. The van der Waals surface area contributed by atoms with Crippen molar-refractivity contribution in [1.29, 1.82) is 0 Å². The van der Waals surface area contributed by atoms with Gasteiger partial charge in [0.1, 0.15) is 6.10 Å². The van der Waals surface area contributed by atoms with E-state index in [0.29, 0.717) is 25.9 Å². The van der Waals surface area contributed by atoms with E-state index in [1.807, 2.05) is 18.2 Å². The zero-order valence-corrected chi connectivity index (χ0v) is 12.4. The summed E-state index contributed by atoms with van der Waals surface area (Å²) in [7, 11) is 1.70. The Labute approximate surface area is 125 Å². The molecule has 1 saturated heterocycles. The molecule has 1 unspecified atom stereocenters. The van der Waals surface area contributed by atoms with Gasteiger partial charge >= 0.3 is 6.09 Å². The Balaban J connectivity index is 1.55. The molecule has 1 aromatic carbocycles. The van der Waals surface area contributed by atoms with Crippen LogP contribution in [0.4, 0.5) is 4.79 Å². The van der Waals surface area contributed by atoms with Gasteiger partial charge in [0.05, 0.1) is 6.54 Å². The van der Waals surface area contributed by atoms with Gasteiger partial charge in [0.15, 0.2) is 0 Å². The predicted molar refractivity (Wildman–Crippen MR) is 79.9 cm³/mol. The summed E-state index contributed by atoms with van der Waals surface area (Å²) in [6.07, 6.45) is 2.42. The Morgan fingerprint density at radius 3 is 2.81 bits per heavy atom. The maximum absolute atomic E-state index is 11.7. The van der Waals surface area contributed by atoms with Gasteiger partial charge in [-0.25, -0.2) is 4.79 Å². The van der Waals surface area contributed by atoms with E-state index in [4.69, 9.17) is 4.74 Å². The minimum absolute atomic E-state index is 0.0219. The number of nitrogens with zero attached hydrogens (tertiary/aromatic N) is 1. The molecule has 1 aliphatic rings. The van der Waals surface area contributed by atoms with Crippen molar-refractivity contribution in [2.45, 2.75) is 31.8 Å². The van der Waals surface area contributed by atoms with Crippen molar-refractivity contribution in [2.75, 3.05) is 20.1 Å². The van der Waals surface area contributed by atoms with Crippen molar-refractivity contribution in [3.63, 3.8) is 0 Å². The van der Waals surface area contributed by atoms with Gasteiger partial charge in [0, 0.05) is 20.0 Å². The van der Waals surface area contributed by atoms with E-state index in [1.54, 1.807) is 7.05 Å². The molecule has 1 N–H and O–H groups in total. The minimum Gasteiger partial charge on any atom is -0.444 e. The number of amides is 2. The fourth-order valence-corrected chi connectivity index (χ4v) is 2.35. The third-order valence-electron chi connectivity index (χ3n) is 3.56. The maximum atomic E-state index is 11.7. The fourth-order valence-electron chi connectivity index (χ4n) is 2.35. The van der Waals surface area contributed by atoms with E-state index >= 15 is 0 Å². The van der Waals surface area contributed by atoms with Gasteiger partial charge in [-0.15, -0.1) is 0 Å². The molecule has 5 nitrogen and oxygen atoms in total. The fraction of sp³-hybridized carbons (Fsp3) is 0.500. The second kappa shape index (κ2) is 7.67. The molecule has 1 aromatic rings. The highest BCUT2D eigenvalue weighted by Gasteiger charge is 2.28. The molecule has 1 aliphatic heterocycles. The molecule has 2 amide bonds. The molecule has 1 atom stereocenters. The Morgan fingerprint density at radius 1 is 1.38 bits per heavy atom. The van der Waals surface area contributed by atoms with Crippen LogP contribution in [0.25, 0.3) is 0 Å². The second-order valence-corrected chi connectivity index (χ2v) is 5.36. The second-order valence-electron chi connectivity index (χ2n) is 5.36. The van der Waals surface area contributed by atoms with Gasteiger partial charge in [-0.05, 0) is 24.8 Å². The molecule has 0 aromatic heterocycles. The first-order valence-electron chi connectivity index (χ1n) is 7.37. The van der Waals surface area contributed by atoms with Gasteiger partial charge < -0.3 is 15.0 Å². The summed E-state index contributed by atoms with van der Waals surface area (Å²) in [6, 6.07) is 10.2. The maximum Gasteiger partial charge on any atom is 0.409 e. The summed E-state index contributed by atoms with van der Waals surface area (Å²) in [4.78, 5) is 24.4. The summed E-state index contributed by atoms with van der Waals surface area (Å²) < 4.78 is 5.11. The van der Waals surface area contributed by atoms with Crippen LogP contribution in [0, 0.1) is 0 Å². The molecule has 2 rings (SSSR count). The Morgan fingerprint density at radius 2 is 2.14 bits per heavy atom. The van der Waals surface area contributed by atoms with Crippen LogP contribution in [-0.4, -0.2) is 43.1 Å². The molecular weight excluding hydrogens is 268 g/mol. The summed E-state index contributed by atoms with van der Waals surface area (Å²) in [5, 5.41) is 2.91. The third-order valence-corrected chi connectivity index (χ3v) is 3.56. The molecule has 0 radical (unpaired) electrons. The van der Waals surface area contributed by atoms with Crippen molar-refractivity contribution in [1.82, 2.24) is 10.2 Å². The number of likely N-dealkylation sites (N-methyl/N-ethyl adjacent to an activating group) is 1. The van der Waals surface area contributed by atoms with E-state index in [0.717, 1.165) is 12.8 Å². The molecule has 5 heteroatoms. The van der Waals surface area contributed by atoms with Gasteiger partial charge in [0.25, 0.3) is 0 Å². The number of hydrogen-bond acceptors (Lipinski definition) is 3. The lowest BCUT2D eigenvalue weighted by molar-refractivity contribution is -0.121. The number of carbonyl (C=O) groups excluding carboxylic acids is 2. The molecule has 114 valence electrons. The molecule has 0 aliphatic carbocycles. The van der Waals surface area contributed by atoms with E-state index in [9.17, 15) is 9.59 Å². The lowest BCUT2D eigenvalue weighted by atomic mass is 10.1. The van der Waals surface area contributed by atoms with Crippen molar-refractivity contribution in [3.05, 3.63) is 35.9 Å². The normalized spacial score (nSPS) is 17.7. The largest absolute Gasteiger partial charge is 0.444 e. The smallest absolute Gasteiger partial charge is 0.409 e. The summed E-state index contributed by atoms with van der Waals surface area (Å²) in [5.74, 6) is 0.0219. The molecule has 0 saturated carbocycles. The Hall–Kier alpha value is -2.04. The van der Waals surface area contributed by atoms with Gasteiger partial charge in [0.2, 0.25) is 5.91 Å². The number of benzene rings is 1. The SMILES string of the molecule is CN1CC(CCC(=O)NCCCc2ccccc2)OC1=O. The monoisotopic (exact) mass is 290 g/mol. The standard InChI is InChI=1S/C16H22N2O3/c1-18-12-14(21-16(18)20)9-10-15(19)17-11-5-8-13-6-3-2-4-7-13/h2-4,6-7,14H,5,8-12H2,1H3,(H,17,19). The topological polar surface area (TPSA) is 58.6 Å². The molecule has 1 fully saturated rings. The van der Waals surface area contributed by atoms with E-state index in [-0.39, 0.29) is 18.1 Å².